The van der Waals surface area contributed by atoms with E-state index >= 15 is 0 Å². The van der Waals surface area contributed by atoms with Crippen molar-refractivity contribution < 1.29 is 18.3 Å². The van der Waals surface area contributed by atoms with Crippen LogP contribution >= 0.6 is 0 Å². The molecule has 0 saturated carbocycles. The number of hydrogen-bond donors (Lipinski definition) is 0. The molecule has 29 heavy (non-hydrogen) atoms. The van der Waals surface area contributed by atoms with Gasteiger partial charge in [-0.25, -0.2) is 18.7 Å². The first-order valence-corrected chi connectivity index (χ1v) is 9.14. The maximum atomic E-state index is 13.0. The number of ether oxygens (including phenoxy) is 1. The molecule has 1 saturated heterocycles. The second-order valence-electron chi connectivity index (χ2n) is 6.56. The summed E-state index contributed by atoms with van der Waals surface area (Å²) < 4.78 is 31.7. The minimum absolute atomic E-state index is 0.118. The van der Waals surface area contributed by atoms with Gasteiger partial charge in [0, 0.05) is 37.8 Å². The third-order valence-electron chi connectivity index (χ3n) is 4.65. The Bertz CT molecular complexity index is 988. The molecule has 6 nitrogen and oxygen atoms in total. The number of nitrogens with zero attached hydrogens (tertiary/aromatic N) is 4. The molecule has 1 amide bonds. The van der Waals surface area contributed by atoms with Gasteiger partial charge in [0.15, 0.2) is 0 Å². The van der Waals surface area contributed by atoms with Crippen molar-refractivity contribution in [1.29, 1.82) is 0 Å². The smallest absolute Gasteiger partial charge is 0.253 e. The minimum Gasteiger partial charge on any atom is -0.439 e. The van der Waals surface area contributed by atoms with Crippen LogP contribution in [0.1, 0.15) is 10.4 Å². The van der Waals surface area contributed by atoms with Crippen molar-refractivity contribution in [3.8, 4) is 11.6 Å². The van der Waals surface area contributed by atoms with Crippen molar-refractivity contribution in [3.63, 3.8) is 0 Å². The number of anilines is 1. The Morgan fingerprint density at radius 1 is 0.862 bits per heavy atom. The maximum Gasteiger partial charge on any atom is 0.253 e. The summed E-state index contributed by atoms with van der Waals surface area (Å²) in [6.07, 6.45) is 1.41. The van der Waals surface area contributed by atoms with Crippen molar-refractivity contribution in [3.05, 3.63) is 78.1 Å². The first-order valence-electron chi connectivity index (χ1n) is 9.14. The van der Waals surface area contributed by atoms with Gasteiger partial charge in [-0.2, -0.15) is 0 Å². The van der Waals surface area contributed by atoms with Crippen LogP contribution in [0.3, 0.4) is 0 Å². The fraction of sp³-hybridized carbons (Fsp3) is 0.190. The first kappa shape index (κ1) is 18.8. The molecule has 3 aromatic rings. The van der Waals surface area contributed by atoms with Gasteiger partial charge in [0.1, 0.15) is 29.5 Å². The molecule has 0 N–H and O–H groups in total. The summed E-state index contributed by atoms with van der Waals surface area (Å²) in [7, 11) is 0. The number of carbonyl (C=O) groups is 1. The van der Waals surface area contributed by atoms with E-state index in [4.69, 9.17) is 4.74 Å². The molecule has 0 atom stereocenters. The van der Waals surface area contributed by atoms with Crippen LogP contribution in [0, 0.1) is 11.6 Å². The highest BCUT2D eigenvalue weighted by Gasteiger charge is 2.23. The Hall–Kier alpha value is -3.55. The first-order chi connectivity index (χ1) is 14.1. The lowest BCUT2D eigenvalue weighted by molar-refractivity contribution is 0.0746. The number of piperazine rings is 1. The van der Waals surface area contributed by atoms with E-state index in [1.807, 2.05) is 4.90 Å². The summed E-state index contributed by atoms with van der Waals surface area (Å²) in [5.74, 6) is 0.693. The Morgan fingerprint density at radius 2 is 1.48 bits per heavy atom. The number of carbonyl (C=O) groups excluding carboxylic acids is 1. The largest absolute Gasteiger partial charge is 0.439 e. The standard InChI is InChI=1S/C21H18F2N4O2/c22-16-3-1-15(2-4-16)21(28)27-11-9-26(10-12-27)19-13-20(25-14-24-19)29-18-7-5-17(23)6-8-18/h1-8,13-14H,9-12H2. The van der Waals surface area contributed by atoms with Crippen LogP contribution in [0.4, 0.5) is 14.6 Å². The molecule has 8 heteroatoms. The Kier molecular flexibility index (Phi) is 5.33. The van der Waals surface area contributed by atoms with E-state index in [9.17, 15) is 13.6 Å². The molecular formula is C21H18F2N4O2. The van der Waals surface area contributed by atoms with Crippen molar-refractivity contribution >= 4 is 11.7 Å². The Morgan fingerprint density at radius 3 is 2.14 bits per heavy atom. The van der Waals surface area contributed by atoms with Gasteiger partial charge in [-0.3, -0.25) is 4.79 Å². The van der Waals surface area contributed by atoms with Gasteiger partial charge in [0.2, 0.25) is 5.88 Å². The fourth-order valence-corrected chi connectivity index (χ4v) is 3.10. The average Bonchev–Trinajstić information content (AvgIpc) is 2.76. The van der Waals surface area contributed by atoms with Gasteiger partial charge in [0.25, 0.3) is 5.91 Å². The van der Waals surface area contributed by atoms with E-state index in [-0.39, 0.29) is 17.5 Å². The lowest BCUT2D eigenvalue weighted by Gasteiger charge is -2.35. The molecule has 0 unspecified atom stereocenters. The van der Waals surface area contributed by atoms with Crippen LogP contribution < -0.4 is 9.64 Å². The Labute approximate surface area is 166 Å². The molecule has 1 fully saturated rings. The zero-order valence-corrected chi connectivity index (χ0v) is 15.5. The van der Waals surface area contributed by atoms with Crippen LogP contribution in [0.5, 0.6) is 11.6 Å². The maximum absolute atomic E-state index is 13.0. The summed E-state index contributed by atoms with van der Waals surface area (Å²) >= 11 is 0. The van der Waals surface area contributed by atoms with Gasteiger partial charge < -0.3 is 14.5 Å². The lowest BCUT2D eigenvalue weighted by atomic mass is 10.2. The number of hydrogen-bond acceptors (Lipinski definition) is 5. The average molecular weight is 396 g/mol. The predicted octanol–water partition coefficient (Wildman–Crippen LogP) is 3.51. The molecule has 148 valence electrons. The van der Waals surface area contributed by atoms with Gasteiger partial charge in [0.05, 0.1) is 0 Å². The Balaban J connectivity index is 1.39. The number of benzene rings is 2. The second-order valence-corrected chi connectivity index (χ2v) is 6.56. The molecule has 4 rings (SSSR count). The highest BCUT2D eigenvalue weighted by atomic mass is 19.1. The van der Waals surface area contributed by atoms with Crippen LogP contribution in [0.2, 0.25) is 0 Å². The van der Waals surface area contributed by atoms with Crippen LogP contribution in [0.15, 0.2) is 60.9 Å². The van der Waals surface area contributed by atoms with Crippen molar-refractivity contribution in [1.82, 2.24) is 14.9 Å². The zero-order chi connectivity index (χ0) is 20.2. The van der Waals surface area contributed by atoms with E-state index in [1.165, 1.54) is 54.9 Å². The van der Waals surface area contributed by atoms with Crippen LogP contribution in [-0.4, -0.2) is 47.0 Å². The minimum atomic E-state index is -0.367. The van der Waals surface area contributed by atoms with E-state index in [0.717, 1.165) is 0 Å². The highest BCUT2D eigenvalue weighted by molar-refractivity contribution is 5.94. The normalized spacial score (nSPS) is 14.0. The SMILES string of the molecule is O=C(c1ccc(F)cc1)N1CCN(c2cc(Oc3ccc(F)cc3)ncn2)CC1. The molecule has 1 aromatic heterocycles. The molecule has 0 aliphatic carbocycles. The molecule has 2 heterocycles. The van der Waals surface area contributed by atoms with Crippen molar-refractivity contribution in [2.45, 2.75) is 0 Å². The summed E-state index contributed by atoms with van der Waals surface area (Å²) in [5.41, 5.74) is 0.469. The van der Waals surface area contributed by atoms with E-state index in [0.29, 0.717) is 49.2 Å². The van der Waals surface area contributed by atoms with Gasteiger partial charge in [-0.05, 0) is 48.5 Å². The van der Waals surface area contributed by atoms with Crippen molar-refractivity contribution in [2.24, 2.45) is 0 Å². The predicted molar refractivity (Wildman–Crippen MR) is 103 cm³/mol. The van der Waals surface area contributed by atoms with Gasteiger partial charge in [-0.15, -0.1) is 0 Å². The third kappa shape index (κ3) is 4.48. The van der Waals surface area contributed by atoms with Crippen LogP contribution in [-0.2, 0) is 0 Å². The quantitative estimate of drug-likeness (QED) is 0.676. The topological polar surface area (TPSA) is 58.6 Å². The van der Waals surface area contributed by atoms with Gasteiger partial charge in [-0.1, -0.05) is 0 Å². The van der Waals surface area contributed by atoms with E-state index in [2.05, 4.69) is 9.97 Å². The molecule has 1 aliphatic rings. The summed E-state index contributed by atoms with van der Waals surface area (Å²) in [6, 6.07) is 12.9. The van der Waals surface area contributed by atoms with Crippen LogP contribution in [0.25, 0.3) is 0 Å². The number of rotatable bonds is 4. The summed E-state index contributed by atoms with van der Waals surface area (Å²) in [4.78, 5) is 24.7. The summed E-state index contributed by atoms with van der Waals surface area (Å²) in [5, 5.41) is 0. The zero-order valence-electron chi connectivity index (χ0n) is 15.5. The number of amides is 1. The third-order valence-corrected chi connectivity index (χ3v) is 4.65. The van der Waals surface area contributed by atoms with E-state index < -0.39 is 0 Å². The second kappa shape index (κ2) is 8.22. The number of halogens is 2. The monoisotopic (exact) mass is 396 g/mol. The molecule has 1 aliphatic heterocycles. The summed E-state index contributed by atoms with van der Waals surface area (Å²) in [6.45, 7) is 2.24. The molecule has 2 aromatic carbocycles. The molecular weight excluding hydrogens is 378 g/mol. The molecule has 0 bridgehead atoms. The van der Waals surface area contributed by atoms with Gasteiger partial charge >= 0.3 is 0 Å². The molecule has 0 radical (unpaired) electrons. The number of aromatic nitrogens is 2. The lowest BCUT2D eigenvalue weighted by Crippen LogP contribution is -2.49. The highest BCUT2D eigenvalue weighted by Crippen LogP contribution is 2.23. The molecule has 0 spiro atoms. The van der Waals surface area contributed by atoms with Crippen molar-refractivity contribution in [2.75, 3.05) is 31.1 Å². The fourth-order valence-electron chi connectivity index (χ4n) is 3.10. The van der Waals surface area contributed by atoms with E-state index in [1.54, 1.807) is 11.0 Å².